The molecule has 0 aliphatic rings. The van der Waals surface area contributed by atoms with Crippen LogP contribution in [0.25, 0.3) is 0 Å². The smallest absolute Gasteiger partial charge is 0.234 e. The number of sulfone groups is 1. The van der Waals surface area contributed by atoms with Gasteiger partial charge in [-0.25, -0.2) is 18.4 Å². The Hall–Kier alpha value is -2.91. The quantitative estimate of drug-likeness (QED) is 0.457. The lowest BCUT2D eigenvalue weighted by Crippen LogP contribution is -2.14. The molecule has 0 saturated heterocycles. The first-order valence-electron chi connectivity index (χ1n) is 8.69. The molecule has 150 valence electrons. The number of nitrogens with one attached hydrogen (secondary N) is 1. The molecule has 0 saturated carbocycles. The summed E-state index contributed by atoms with van der Waals surface area (Å²) >= 11 is 1.07. The number of benzene rings is 2. The summed E-state index contributed by atoms with van der Waals surface area (Å²) in [6.45, 7) is 3.83. The van der Waals surface area contributed by atoms with Crippen molar-refractivity contribution < 1.29 is 13.2 Å². The predicted molar refractivity (Wildman–Crippen MR) is 114 cm³/mol. The van der Waals surface area contributed by atoms with E-state index in [2.05, 4.69) is 15.3 Å². The van der Waals surface area contributed by atoms with Gasteiger partial charge in [0, 0.05) is 5.69 Å². The summed E-state index contributed by atoms with van der Waals surface area (Å²) < 4.78 is 25.5. The summed E-state index contributed by atoms with van der Waals surface area (Å²) in [7, 11) is -3.82. The summed E-state index contributed by atoms with van der Waals surface area (Å²) in [5.74, 6) is -0.309. The number of amides is 1. The van der Waals surface area contributed by atoms with E-state index >= 15 is 0 Å². The number of nitrogen functional groups attached to an aromatic ring is 1. The van der Waals surface area contributed by atoms with Crippen LogP contribution in [0.1, 0.15) is 11.1 Å². The first-order valence-corrected chi connectivity index (χ1v) is 11.2. The number of carbonyl (C=O) groups is 1. The number of thioether (sulfide) groups is 1. The van der Waals surface area contributed by atoms with E-state index in [9.17, 15) is 13.2 Å². The molecule has 1 heterocycles. The topological polar surface area (TPSA) is 115 Å². The fourth-order valence-electron chi connectivity index (χ4n) is 2.45. The Morgan fingerprint density at radius 2 is 1.62 bits per heavy atom. The van der Waals surface area contributed by atoms with Crippen molar-refractivity contribution in [2.24, 2.45) is 0 Å². The fraction of sp³-hybridized carbons (Fsp3) is 0.150. The van der Waals surface area contributed by atoms with Gasteiger partial charge in [0.1, 0.15) is 10.7 Å². The van der Waals surface area contributed by atoms with Crippen LogP contribution in [0.4, 0.5) is 11.5 Å². The molecule has 0 aliphatic heterocycles. The maximum atomic E-state index is 12.7. The molecule has 1 amide bonds. The number of hydrogen-bond acceptors (Lipinski definition) is 7. The number of nitrogens with zero attached hydrogens (tertiary/aromatic N) is 2. The van der Waals surface area contributed by atoms with Crippen LogP contribution in [0.5, 0.6) is 0 Å². The molecule has 7 nitrogen and oxygen atoms in total. The van der Waals surface area contributed by atoms with Crippen LogP contribution in [0.2, 0.25) is 0 Å². The van der Waals surface area contributed by atoms with Crippen molar-refractivity contribution >= 4 is 39.0 Å². The highest BCUT2D eigenvalue weighted by Crippen LogP contribution is 2.26. The Bertz CT molecular complexity index is 1130. The minimum Gasteiger partial charge on any atom is -0.382 e. The van der Waals surface area contributed by atoms with E-state index in [-0.39, 0.29) is 32.4 Å². The third-order valence-corrected chi connectivity index (χ3v) is 6.70. The predicted octanol–water partition coefficient (Wildman–Crippen LogP) is 3.24. The van der Waals surface area contributed by atoms with Crippen molar-refractivity contribution in [3.05, 3.63) is 65.9 Å². The van der Waals surface area contributed by atoms with E-state index in [1.807, 2.05) is 38.1 Å². The molecule has 3 rings (SSSR count). The first kappa shape index (κ1) is 20.8. The second kappa shape index (κ2) is 8.62. The monoisotopic (exact) mass is 428 g/mol. The van der Waals surface area contributed by atoms with Crippen molar-refractivity contribution in [1.29, 1.82) is 0 Å². The third-order valence-electron chi connectivity index (χ3n) is 4.05. The molecule has 9 heteroatoms. The second-order valence-electron chi connectivity index (χ2n) is 6.42. The van der Waals surface area contributed by atoms with Crippen molar-refractivity contribution in [1.82, 2.24) is 9.97 Å². The number of nitrogens with two attached hydrogens (primary N) is 1. The molecule has 3 N–H and O–H groups in total. The van der Waals surface area contributed by atoms with E-state index in [1.54, 1.807) is 12.1 Å². The Kier molecular flexibility index (Phi) is 6.19. The van der Waals surface area contributed by atoms with Gasteiger partial charge in [-0.3, -0.25) is 4.79 Å². The molecule has 0 aliphatic carbocycles. The van der Waals surface area contributed by atoms with Gasteiger partial charge in [0.05, 0.1) is 16.8 Å². The van der Waals surface area contributed by atoms with Crippen molar-refractivity contribution in [3.8, 4) is 0 Å². The van der Waals surface area contributed by atoms with Crippen molar-refractivity contribution in [3.63, 3.8) is 0 Å². The number of aromatic nitrogens is 2. The van der Waals surface area contributed by atoms with Gasteiger partial charge in [0.2, 0.25) is 15.7 Å². The highest BCUT2D eigenvalue weighted by Gasteiger charge is 2.22. The van der Waals surface area contributed by atoms with Gasteiger partial charge in [-0.15, -0.1) is 0 Å². The van der Waals surface area contributed by atoms with Gasteiger partial charge in [-0.1, -0.05) is 47.2 Å². The van der Waals surface area contributed by atoms with E-state index in [4.69, 9.17) is 5.73 Å². The lowest BCUT2D eigenvalue weighted by atomic mass is 10.2. The van der Waals surface area contributed by atoms with Crippen molar-refractivity contribution in [2.75, 3.05) is 16.8 Å². The third kappa shape index (κ3) is 5.12. The molecule has 0 atom stereocenters. The summed E-state index contributed by atoms with van der Waals surface area (Å²) in [6, 6.07) is 13.9. The Morgan fingerprint density at radius 1 is 1.03 bits per heavy atom. The molecule has 0 radical (unpaired) electrons. The van der Waals surface area contributed by atoms with Crippen LogP contribution in [0, 0.1) is 13.8 Å². The van der Waals surface area contributed by atoms with E-state index in [0.717, 1.165) is 22.9 Å². The zero-order valence-electron chi connectivity index (χ0n) is 15.9. The molecule has 0 spiro atoms. The average Bonchev–Trinajstić information content (AvgIpc) is 2.68. The van der Waals surface area contributed by atoms with Gasteiger partial charge in [0.25, 0.3) is 0 Å². The number of aryl methyl sites for hydroxylation is 2. The highest BCUT2D eigenvalue weighted by atomic mass is 32.2. The molecule has 2 aromatic carbocycles. The normalized spacial score (nSPS) is 11.2. The Labute approximate surface area is 173 Å². The van der Waals surface area contributed by atoms with Gasteiger partial charge < -0.3 is 11.1 Å². The molecule has 0 fully saturated rings. The largest absolute Gasteiger partial charge is 0.382 e. The number of hydrogen-bond donors (Lipinski definition) is 2. The van der Waals surface area contributed by atoms with Gasteiger partial charge in [-0.2, -0.15) is 0 Å². The number of carbonyl (C=O) groups excluding carboxylic acids is 1. The summed E-state index contributed by atoms with van der Waals surface area (Å²) in [5, 5.41) is 3.00. The van der Waals surface area contributed by atoms with Crippen LogP contribution < -0.4 is 11.1 Å². The van der Waals surface area contributed by atoms with Crippen LogP contribution in [0.15, 0.2) is 69.7 Å². The maximum Gasteiger partial charge on any atom is 0.234 e. The first-order chi connectivity index (χ1) is 13.8. The highest BCUT2D eigenvalue weighted by molar-refractivity contribution is 7.99. The van der Waals surface area contributed by atoms with E-state index in [0.29, 0.717) is 5.69 Å². The second-order valence-corrected chi connectivity index (χ2v) is 9.28. The summed E-state index contributed by atoms with van der Waals surface area (Å²) in [6.07, 6.45) is 1.18. The lowest BCUT2D eigenvalue weighted by Gasteiger charge is -2.09. The lowest BCUT2D eigenvalue weighted by molar-refractivity contribution is -0.113. The number of rotatable bonds is 6. The SMILES string of the molecule is Cc1ccc(NC(=O)CSc2ncc(S(=O)(=O)c3ccc(C)cc3)c(N)n2)cc1. The summed E-state index contributed by atoms with van der Waals surface area (Å²) in [4.78, 5) is 20.1. The Balaban J connectivity index is 1.68. The van der Waals surface area contributed by atoms with Crippen molar-refractivity contribution in [2.45, 2.75) is 28.8 Å². The minimum atomic E-state index is -3.82. The molecule has 3 aromatic rings. The molecule has 0 bridgehead atoms. The van der Waals surface area contributed by atoms with Crippen LogP contribution in [-0.4, -0.2) is 30.0 Å². The Morgan fingerprint density at radius 3 is 2.21 bits per heavy atom. The molecule has 1 aromatic heterocycles. The fourth-order valence-corrected chi connectivity index (χ4v) is 4.34. The zero-order valence-corrected chi connectivity index (χ0v) is 17.5. The van der Waals surface area contributed by atoms with Gasteiger partial charge in [0.15, 0.2) is 5.16 Å². The van der Waals surface area contributed by atoms with E-state index < -0.39 is 9.84 Å². The standard InChI is InChI=1S/C20H20N4O3S2/c1-13-3-7-15(8-4-13)23-18(25)12-28-20-22-11-17(19(21)24-20)29(26,27)16-9-5-14(2)6-10-16/h3-11H,12H2,1-2H3,(H,23,25)(H2,21,22,24). The average molecular weight is 429 g/mol. The van der Waals surface area contributed by atoms with Crippen LogP contribution in [0.3, 0.4) is 0 Å². The van der Waals surface area contributed by atoms with E-state index in [1.165, 1.54) is 18.3 Å². The molecule has 29 heavy (non-hydrogen) atoms. The maximum absolute atomic E-state index is 12.7. The van der Waals surface area contributed by atoms with Gasteiger partial charge >= 0.3 is 0 Å². The van der Waals surface area contributed by atoms with Crippen LogP contribution in [-0.2, 0) is 14.6 Å². The number of anilines is 2. The van der Waals surface area contributed by atoms with Gasteiger partial charge in [-0.05, 0) is 38.1 Å². The summed E-state index contributed by atoms with van der Waals surface area (Å²) in [5.41, 5.74) is 8.62. The zero-order chi connectivity index (χ0) is 21.0. The molecule has 0 unspecified atom stereocenters. The molecular formula is C20H20N4O3S2. The van der Waals surface area contributed by atoms with Crippen LogP contribution >= 0.6 is 11.8 Å². The molecular weight excluding hydrogens is 408 g/mol. The minimum absolute atomic E-state index is 0.0668.